The number of rotatable bonds is 5. The molecule has 2 aromatic rings. The smallest absolute Gasteiger partial charge is 0.241 e. The summed E-state index contributed by atoms with van der Waals surface area (Å²) in [5, 5.41) is 2.73. The third-order valence-corrected chi connectivity index (χ3v) is 4.15. The topological polar surface area (TPSA) is 71.1 Å². The molecule has 0 amide bonds. The molecule has 2 rings (SSSR count). The van der Waals surface area contributed by atoms with Gasteiger partial charge in [-0.2, -0.15) is 0 Å². The second kappa shape index (κ2) is 6.15. The van der Waals surface area contributed by atoms with Crippen LogP contribution in [0.15, 0.2) is 41.4 Å². The fraction of sp³-hybridized carbons (Fsp3) is 0.154. The van der Waals surface area contributed by atoms with E-state index in [0.29, 0.717) is 11.4 Å². The fourth-order valence-corrected chi connectivity index (χ4v) is 2.66. The highest BCUT2D eigenvalue weighted by Crippen LogP contribution is 2.13. The highest BCUT2D eigenvalue weighted by Gasteiger charge is 2.15. The lowest BCUT2D eigenvalue weighted by atomic mass is 10.2. The number of halogens is 2. The van der Waals surface area contributed by atoms with Crippen molar-refractivity contribution < 1.29 is 17.2 Å². The summed E-state index contributed by atoms with van der Waals surface area (Å²) < 4.78 is 52.3. The molecule has 1 aromatic carbocycles. The Labute approximate surface area is 121 Å². The second-order valence-corrected chi connectivity index (χ2v) is 5.97. The van der Waals surface area contributed by atoms with Crippen LogP contribution in [0.25, 0.3) is 0 Å². The number of nitrogens with zero attached hydrogens (tertiary/aromatic N) is 1. The van der Waals surface area contributed by atoms with Gasteiger partial charge >= 0.3 is 0 Å². The predicted octanol–water partition coefficient (Wildman–Crippen LogP) is 1.88. The van der Waals surface area contributed by atoms with Crippen LogP contribution in [-0.2, 0) is 16.6 Å². The monoisotopic (exact) mass is 313 g/mol. The minimum Gasteiger partial charge on any atom is -0.373 e. The van der Waals surface area contributed by atoms with Crippen molar-refractivity contribution in [2.45, 2.75) is 11.4 Å². The van der Waals surface area contributed by atoms with Crippen LogP contribution in [0.4, 0.5) is 14.6 Å². The first-order valence-electron chi connectivity index (χ1n) is 6.00. The molecule has 1 aromatic heterocycles. The van der Waals surface area contributed by atoms with E-state index >= 15 is 0 Å². The second-order valence-electron chi connectivity index (χ2n) is 4.20. The number of pyridine rings is 1. The van der Waals surface area contributed by atoms with Gasteiger partial charge in [-0.05, 0) is 23.8 Å². The van der Waals surface area contributed by atoms with Crippen LogP contribution in [0.3, 0.4) is 0 Å². The molecule has 0 radical (unpaired) electrons. The fourth-order valence-electron chi connectivity index (χ4n) is 1.63. The zero-order chi connectivity index (χ0) is 15.5. The van der Waals surface area contributed by atoms with Crippen LogP contribution in [0, 0.1) is 11.6 Å². The molecule has 0 spiro atoms. The Morgan fingerprint density at radius 1 is 1.14 bits per heavy atom. The van der Waals surface area contributed by atoms with Gasteiger partial charge in [-0.1, -0.05) is 6.07 Å². The summed E-state index contributed by atoms with van der Waals surface area (Å²) in [5.41, 5.74) is 0.320. The molecule has 0 bridgehead atoms. The molecular weight excluding hydrogens is 300 g/mol. The zero-order valence-electron chi connectivity index (χ0n) is 11.1. The van der Waals surface area contributed by atoms with E-state index in [4.69, 9.17) is 0 Å². The normalized spacial score (nSPS) is 11.4. The average molecular weight is 313 g/mol. The average Bonchev–Trinajstić information content (AvgIpc) is 2.48. The van der Waals surface area contributed by atoms with Gasteiger partial charge in [-0.25, -0.2) is 26.9 Å². The van der Waals surface area contributed by atoms with E-state index in [0.717, 1.165) is 12.1 Å². The van der Waals surface area contributed by atoms with Crippen molar-refractivity contribution in [3.05, 3.63) is 53.7 Å². The molecule has 0 aliphatic rings. The minimum absolute atomic E-state index is 0.0319. The number of hydrogen-bond donors (Lipinski definition) is 2. The molecule has 112 valence electrons. The molecule has 0 saturated carbocycles. The SMILES string of the molecule is CNc1cc(S(=O)(=O)NCc2ccc(F)c(F)c2)ccn1. The van der Waals surface area contributed by atoms with Crippen molar-refractivity contribution in [3.8, 4) is 0 Å². The molecule has 0 unspecified atom stereocenters. The van der Waals surface area contributed by atoms with Crippen LogP contribution >= 0.6 is 0 Å². The molecule has 0 aliphatic carbocycles. The Balaban J connectivity index is 2.15. The molecule has 0 aliphatic heterocycles. The Morgan fingerprint density at radius 2 is 1.90 bits per heavy atom. The van der Waals surface area contributed by atoms with Crippen molar-refractivity contribution in [1.82, 2.24) is 9.71 Å². The van der Waals surface area contributed by atoms with Gasteiger partial charge < -0.3 is 5.32 Å². The first kappa shape index (κ1) is 15.3. The number of sulfonamides is 1. The predicted molar refractivity (Wildman–Crippen MR) is 74.2 cm³/mol. The summed E-state index contributed by atoms with van der Waals surface area (Å²) in [6, 6.07) is 5.92. The lowest BCUT2D eigenvalue weighted by Gasteiger charge is -2.08. The number of benzene rings is 1. The summed E-state index contributed by atoms with van der Waals surface area (Å²) in [6.07, 6.45) is 1.36. The number of nitrogens with one attached hydrogen (secondary N) is 2. The highest BCUT2D eigenvalue weighted by atomic mass is 32.2. The molecular formula is C13H13F2N3O2S. The summed E-state index contributed by atoms with van der Waals surface area (Å²) in [7, 11) is -2.14. The summed E-state index contributed by atoms with van der Waals surface area (Å²) >= 11 is 0. The number of anilines is 1. The van der Waals surface area contributed by atoms with E-state index < -0.39 is 21.7 Å². The van der Waals surface area contributed by atoms with E-state index in [2.05, 4.69) is 15.0 Å². The van der Waals surface area contributed by atoms with Crippen LogP contribution in [-0.4, -0.2) is 20.4 Å². The van der Waals surface area contributed by atoms with Gasteiger partial charge in [0.25, 0.3) is 0 Å². The first-order chi connectivity index (χ1) is 9.92. The van der Waals surface area contributed by atoms with Gasteiger partial charge in [-0.15, -0.1) is 0 Å². The molecule has 1 heterocycles. The Bertz CT molecular complexity index is 751. The van der Waals surface area contributed by atoms with Crippen molar-refractivity contribution in [2.24, 2.45) is 0 Å². The van der Waals surface area contributed by atoms with Gasteiger partial charge in [0.05, 0.1) is 4.90 Å². The van der Waals surface area contributed by atoms with Crippen LogP contribution in [0.2, 0.25) is 0 Å². The van der Waals surface area contributed by atoms with Crippen LogP contribution in [0.1, 0.15) is 5.56 Å². The first-order valence-corrected chi connectivity index (χ1v) is 7.48. The zero-order valence-corrected chi connectivity index (χ0v) is 11.9. The molecule has 5 nitrogen and oxygen atoms in total. The standard InChI is InChI=1S/C13H13F2N3O2S/c1-16-13-7-10(4-5-17-13)21(19,20)18-8-9-2-3-11(14)12(15)6-9/h2-7,18H,8H2,1H3,(H,16,17). The lowest BCUT2D eigenvalue weighted by molar-refractivity contribution is 0.506. The maximum Gasteiger partial charge on any atom is 0.241 e. The van der Waals surface area contributed by atoms with Crippen LogP contribution in [0.5, 0.6) is 0 Å². The van der Waals surface area contributed by atoms with E-state index in [1.807, 2.05) is 0 Å². The Hall–Kier alpha value is -2.06. The quantitative estimate of drug-likeness (QED) is 0.884. The van der Waals surface area contributed by atoms with Gasteiger partial charge in [0.15, 0.2) is 11.6 Å². The summed E-state index contributed by atoms with van der Waals surface area (Å²) in [5.74, 6) is -1.59. The van der Waals surface area contributed by atoms with Gasteiger partial charge in [0.2, 0.25) is 10.0 Å². The van der Waals surface area contributed by atoms with Gasteiger partial charge in [0, 0.05) is 25.9 Å². The van der Waals surface area contributed by atoms with E-state index in [1.54, 1.807) is 7.05 Å². The van der Waals surface area contributed by atoms with E-state index in [1.165, 1.54) is 24.4 Å². The molecule has 8 heteroatoms. The lowest BCUT2D eigenvalue weighted by Crippen LogP contribution is -2.23. The molecule has 0 saturated heterocycles. The Kier molecular flexibility index (Phi) is 4.49. The third kappa shape index (κ3) is 3.73. The number of aromatic nitrogens is 1. The van der Waals surface area contributed by atoms with E-state index in [9.17, 15) is 17.2 Å². The van der Waals surface area contributed by atoms with Gasteiger partial charge in [-0.3, -0.25) is 0 Å². The maximum atomic E-state index is 13.1. The van der Waals surface area contributed by atoms with Crippen molar-refractivity contribution in [3.63, 3.8) is 0 Å². The minimum atomic E-state index is -3.76. The van der Waals surface area contributed by atoms with Crippen molar-refractivity contribution in [1.29, 1.82) is 0 Å². The largest absolute Gasteiger partial charge is 0.373 e. The molecule has 0 atom stereocenters. The van der Waals surface area contributed by atoms with Crippen molar-refractivity contribution in [2.75, 3.05) is 12.4 Å². The summed E-state index contributed by atoms with van der Waals surface area (Å²) in [4.78, 5) is 3.95. The van der Waals surface area contributed by atoms with Crippen LogP contribution < -0.4 is 10.0 Å². The van der Waals surface area contributed by atoms with E-state index in [-0.39, 0.29) is 11.4 Å². The molecule has 2 N–H and O–H groups in total. The third-order valence-electron chi connectivity index (χ3n) is 2.75. The molecule has 0 fully saturated rings. The maximum absolute atomic E-state index is 13.1. The summed E-state index contributed by atoms with van der Waals surface area (Å²) in [6.45, 7) is -0.142. The van der Waals surface area contributed by atoms with Gasteiger partial charge in [0.1, 0.15) is 5.82 Å². The number of hydrogen-bond acceptors (Lipinski definition) is 4. The van der Waals surface area contributed by atoms with Crippen molar-refractivity contribution >= 4 is 15.8 Å². The highest BCUT2D eigenvalue weighted by molar-refractivity contribution is 7.89. The Morgan fingerprint density at radius 3 is 2.57 bits per heavy atom. The molecule has 21 heavy (non-hydrogen) atoms.